The number of pyridine rings is 1. The van der Waals surface area contributed by atoms with Gasteiger partial charge >= 0.3 is 0 Å². The molecule has 1 fully saturated rings. The zero-order valence-corrected chi connectivity index (χ0v) is 9.36. The SMILES string of the molecule is CCC(C)c1nccc(C2CCO2)c1N. The Morgan fingerprint density at radius 2 is 2.40 bits per heavy atom. The largest absolute Gasteiger partial charge is 0.397 e. The highest BCUT2D eigenvalue weighted by Gasteiger charge is 2.24. The van der Waals surface area contributed by atoms with E-state index in [0.29, 0.717) is 5.92 Å². The maximum Gasteiger partial charge on any atom is 0.0867 e. The van der Waals surface area contributed by atoms with Gasteiger partial charge in [0.2, 0.25) is 0 Å². The molecule has 2 heterocycles. The molecule has 2 atom stereocenters. The highest BCUT2D eigenvalue weighted by atomic mass is 16.5. The van der Waals surface area contributed by atoms with Gasteiger partial charge < -0.3 is 10.5 Å². The molecule has 0 aromatic carbocycles. The Morgan fingerprint density at radius 1 is 1.67 bits per heavy atom. The van der Waals surface area contributed by atoms with E-state index in [1.54, 1.807) is 0 Å². The van der Waals surface area contributed by atoms with E-state index in [4.69, 9.17) is 10.5 Å². The van der Waals surface area contributed by atoms with Crippen LogP contribution in [0.5, 0.6) is 0 Å². The molecular formula is C12H18N2O. The number of aromatic nitrogens is 1. The van der Waals surface area contributed by atoms with Crippen LogP contribution in [0.15, 0.2) is 12.3 Å². The van der Waals surface area contributed by atoms with Crippen molar-refractivity contribution in [2.45, 2.75) is 38.7 Å². The van der Waals surface area contributed by atoms with Crippen LogP contribution >= 0.6 is 0 Å². The molecule has 0 radical (unpaired) electrons. The summed E-state index contributed by atoms with van der Waals surface area (Å²) in [7, 11) is 0. The number of hydrogen-bond acceptors (Lipinski definition) is 3. The zero-order valence-electron chi connectivity index (χ0n) is 9.36. The smallest absolute Gasteiger partial charge is 0.0867 e. The molecule has 0 bridgehead atoms. The van der Waals surface area contributed by atoms with Gasteiger partial charge in [0.15, 0.2) is 0 Å². The lowest BCUT2D eigenvalue weighted by atomic mass is 9.96. The van der Waals surface area contributed by atoms with Gasteiger partial charge in [0.1, 0.15) is 0 Å². The van der Waals surface area contributed by atoms with Crippen molar-refractivity contribution in [1.29, 1.82) is 0 Å². The van der Waals surface area contributed by atoms with Crippen LogP contribution < -0.4 is 5.73 Å². The molecule has 2 N–H and O–H groups in total. The van der Waals surface area contributed by atoms with E-state index in [-0.39, 0.29) is 6.10 Å². The van der Waals surface area contributed by atoms with Crippen molar-refractivity contribution in [2.24, 2.45) is 0 Å². The first-order valence-corrected chi connectivity index (χ1v) is 5.60. The second-order valence-corrected chi connectivity index (χ2v) is 4.16. The van der Waals surface area contributed by atoms with E-state index < -0.39 is 0 Å². The number of nitrogens with zero attached hydrogens (tertiary/aromatic N) is 1. The van der Waals surface area contributed by atoms with Gasteiger partial charge in [-0.1, -0.05) is 13.8 Å². The Labute approximate surface area is 90.7 Å². The van der Waals surface area contributed by atoms with Crippen molar-refractivity contribution in [3.63, 3.8) is 0 Å². The van der Waals surface area contributed by atoms with Crippen molar-refractivity contribution in [3.8, 4) is 0 Å². The molecule has 1 aliphatic heterocycles. The minimum absolute atomic E-state index is 0.204. The first kappa shape index (κ1) is 10.4. The minimum Gasteiger partial charge on any atom is -0.397 e. The average Bonchev–Trinajstić information content (AvgIpc) is 2.17. The standard InChI is InChI=1S/C12H18N2O/c1-3-8(2)12-11(13)9(4-6-14-12)10-5-7-15-10/h4,6,8,10H,3,5,7,13H2,1-2H3. The van der Waals surface area contributed by atoms with Crippen molar-refractivity contribution >= 4 is 5.69 Å². The van der Waals surface area contributed by atoms with Crippen LogP contribution in [0.25, 0.3) is 0 Å². The molecule has 0 saturated carbocycles. The van der Waals surface area contributed by atoms with Crippen molar-refractivity contribution < 1.29 is 4.74 Å². The third-order valence-electron chi connectivity index (χ3n) is 3.18. The van der Waals surface area contributed by atoms with Crippen molar-refractivity contribution in [2.75, 3.05) is 12.3 Å². The van der Waals surface area contributed by atoms with Gasteiger partial charge in [-0.2, -0.15) is 0 Å². The molecule has 1 saturated heterocycles. The maximum absolute atomic E-state index is 6.13. The maximum atomic E-state index is 6.13. The van der Waals surface area contributed by atoms with E-state index in [2.05, 4.69) is 18.8 Å². The predicted octanol–water partition coefficient (Wildman–Crippen LogP) is 2.64. The van der Waals surface area contributed by atoms with Gasteiger partial charge in [-0.15, -0.1) is 0 Å². The zero-order chi connectivity index (χ0) is 10.8. The first-order chi connectivity index (χ1) is 7.24. The molecule has 0 amide bonds. The number of nitrogen functional groups attached to an aromatic ring is 1. The Bertz CT molecular complexity index is 324. The lowest BCUT2D eigenvalue weighted by molar-refractivity contribution is -0.0523. The molecule has 0 spiro atoms. The summed E-state index contributed by atoms with van der Waals surface area (Å²) in [6.07, 6.45) is 4.19. The third kappa shape index (κ3) is 1.84. The van der Waals surface area contributed by atoms with Crippen LogP contribution in [0, 0.1) is 0 Å². The topological polar surface area (TPSA) is 48.1 Å². The summed E-state index contributed by atoms with van der Waals surface area (Å²) in [5, 5.41) is 0. The molecule has 2 unspecified atom stereocenters. The monoisotopic (exact) mass is 206 g/mol. The van der Waals surface area contributed by atoms with Crippen molar-refractivity contribution in [1.82, 2.24) is 4.98 Å². The lowest BCUT2D eigenvalue weighted by Crippen LogP contribution is -2.20. The molecule has 15 heavy (non-hydrogen) atoms. The van der Waals surface area contributed by atoms with Gasteiger partial charge in [-0.05, 0) is 12.5 Å². The second-order valence-electron chi connectivity index (χ2n) is 4.16. The third-order valence-corrected chi connectivity index (χ3v) is 3.18. The summed E-state index contributed by atoms with van der Waals surface area (Å²) in [6.45, 7) is 5.16. The Hall–Kier alpha value is -1.09. The fourth-order valence-corrected chi connectivity index (χ4v) is 1.85. The molecule has 3 heteroatoms. The molecule has 2 rings (SSSR count). The Balaban J connectivity index is 2.32. The number of nitrogens with two attached hydrogens (primary N) is 1. The van der Waals surface area contributed by atoms with Gasteiger partial charge in [-0.3, -0.25) is 4.98 Å². The van der Waals surface area contributed by atoms with Crippen LogP contribution in [0.3, 0.4) is 0 Å². The van der Waals surface area contributed by atoms with Crippen LogP contribution in [-0.4, -0.2) is 11.6 Å². The minimum atomic E-state index is 0.204. The molecule has 82 valence electrons. The van der Waals surface area contributed by atoms with Crippen LogP contribution in [0.2, 0.25) is 0 Å². The highest BCUT2D eigenvalue weighted by Crippen LogP contribution is 2.35. The average molecular weight is 206 g/mol. The van der Waals surface area contributed by atoms with Crippen LogP contribution in [0.4, 0.5) is 5.69 Å². The summed E-state index contributed by atoms with van der Waals surface area (Å²) in [5.41, 5.74) is 9.09. The molecule has 3 nitrogen and oxygen atoms in total. The fraction of sp³-hybridized carbons (Fsp3) is 0.583. The van der Waals surface area contributed by atoms with E-state index in [9.17, 15) is 0 Å². The molecule has 0 aliphatic carbocycles. The molecule has 1 aliphatic rings. The Kier molecular flexibility index (Phi) is 2.91. The summed E-state index contributed by atoms with van der Waals surface area (Å²) in [6, 6.07) is 1.98. The van der Waals surface area contributed by atoms with E-state index in [1.165, 1.54) is 0 Å². The first-order valence-electron chi connectivity index (χ1n) is 5.60. The Morgan fingerprint density at radius 3 is 2.93 bits per heavy atom. The number of ether oxygens (including phenoxy) is 1. The summed E-state index contributed by atoms with van der Waals surface area (Å²) in [4.78, 5) is 4.37. The predicted molar refractivity (Wildman–Crippen MR) is 60.7 cm³/mol. The van der Waals surface area contributed by atoms with Gasteiger partial charge in [0.25, 0.3) is 0 Å². The highest BCUT2D eigenvalue weighted by molar-refractivity contribution is 5.53. The van der Waals surface area contributed by atoms with Gasteiger partial charge in [0, 0.05) is 24.1 Å². The normalized spacial score (nSPS) is 22.1. The molecule has 1 aromatic heterocycles. The number of anilines is 1. The quantitative estimate of drug-likeness (QED) is 0.827. The van der Waals surface area contributed by atoms with Gasteiger partial charge in [-0.25, -0.2) is 0 Å². The molecular weight excluding hydrogens is 188 g/mol. The number of hydrogen-bond donors (Lipinski definition) is 1. The van der Waals surface area contributed by atoms with E-state index >= 15 is 0 Å². The fourth-order valence-electron chi connectivity index (χ4n) is 1.85. The summed E-state index contributed by atoms with van der Waals surface area (Å²) < 4.78 is 5.46. The lowest BCUT2D eigenvalue weighted by Gasteiger charge is -2.28. The number of rotatable bonds is 3. The van der Waals surface area contributed by atoms with Crippen LogP contribution in [0.1, 0.15) is 50.0 Å². The molecule has 1 aromatic rings. The van der Waals surface area contributed by atoms with Gasteiger partial charge in [0.05, 0.1) is 24.1 Å². The summed E-state index contributed by atoms with van der Waals surface area (Å²) >= 11 is 0. The van der Waals surface area contributed by atoms with E-state index in [1.807, 2.05) is 12.3 Å². The second kappa shape index (κ2) is 4.19. The van der Waals surface area contributed by atoms with Crippen LogP contribution in [-0.2, 0) is 4.74 Å². The van der Waals surface area contributed by atoms with Crippen molar-refractivity contribution in [3.05, 3.63) is 23.5 Å². The summed E-state index contributed by atoms with van der Waals surface area (Å²) in [5.74, 6) is 0.421. The van der Waals surface area contributed by atoms with E-state index in [0.717, 1.165) is 36.4 Å².